The van der Waals surface area contributed by atoms with Gasteiger partial charge in [-0.25, -0.2) is 9.78 Å². The van der Waals surface area contributed by atoms with Crippen LogP contribution in [0.2, 0.25) is 0 Å². The molecule has 4 atom stereocenters. The van der Waals surface area contributed by atoms with Crippen LogP contribution in [0.4, 0.5) is 0 Å². The van der Waals surface area contributed by atoms with Gasteiger partial charge < -0.3 is 18.9 Å². The highest BCUT2D eigenvalue weighted by atomic mass is 16.7. The molecule has 2 aromatic rings. The second-order valence-corrected chi connectivity index (χ2v) is 6.65. The minimum absolute atomic E-state index is 0.134. The third kappa shape index (κ3) is 4.53. The summed E-state index contributed by atoms with van der Waals surface area (Å²) in [7, 11) is 0. The van der Waals surface area contributed by atoms with E-state index in [1.807, 2.05) is 4.98 Å². The molecule has 0 saturated carbocycles. The molecule has 14 nitrogen and oxygen atoms in total. The maximum Gasteiger partial charge on any atom is 0.327 e. The first kappa shape index (κ1) is 21.9. The van der Waals surface area contributed by atoms with Gasteiger partial charge in [0, 0.05) is 20.8 Å². The smallest absolute Gasteiger partial charge is 0.327 e. The molecule has 1 fully saturated rings. The number of nitrogens with one attached hydrogen (secondary N) is 3. The Hall–Kier alpha value is -3.81. The Balaban J connectivity index is 2.16. The summed E-state index contributed by atoms with van der Waals surface area (Å²) in [6.45, 7) is 3.10. The molecule has 0 unspecified atom stereocenters. The number of hydrogen-bond acceptors (Lipinski definition) is 11. The van der Waals surface area contributed by atoms with Crippen molar-refractivity contribution < 1.29 is 33.3 Å². The SMILES string of the molecule is CC(=O)OC[C@H]1O[C@H](n2cnc(=N)c3c(=O)[nH]c(=O)[nH]c32)[C@@H](OC(C)=O)[C@@H]1OC(C)=O. The van der Waals surface area contributed by atoms with Gasteiger partial charge in [-0.05, 0) is 0 Å². The number of esters is 3. The maximum atomic E-state index is 12.2. The van der Waals surface area contributed by atoms with Gasteiger partial charge in [-0.3, -0.25) is 39.1 Å². The monoisotopic (exact) mass is 437 g/mol. The Bertz CT molecular complexity index is 1210. The van der Waals surface area contributed by atoms with Crippen molar-refractivity contribution in [1.29, 1.82) is 5.41 Å². The Kier molecular flexibility index (Phi) is 6.01. The van der Waals surface area contributed by atoms with E-state index in [-0.39, 0.29) is 17.6 Å². The summed E-state index contributed by atoms with van der Waals surface area (Å²) in [6.07, 6.45) is -3.63. The van der Waals surface area contributed by atoms with E-state index < -0.39 is 59.2 Å². The maximum absolute atomic E-state index is 12.2. The van der Waals surface area contributed by atoms with Crippen LogP contribution in [-0.2, 0) is 33.3 Å². The molecule has 1 aliphatic heterocycles. The number of aromatic amines is 2. The molecular weight excluding hydrogens is 418 g/mol. The van der Waals surface area contributed by atoms with Gasteiger partial charge >= 0.3 is 23.6 Å². The molecule has 0 aromatic carbocycles. The zero-order valence-corrected chi connectivity index (χ0v) is 16.7. The van der Waals surface area contributed by atoms with Crippen molar-refractivity contribution >= 4 is 28.9 Å². The molecule has 14 heteroatoms. The van der Waals surface area contributed by atoms with Crippen LogP contribution in [0.15, 0.2) is 15.9 Å². The van der Waals surface area contributed by atoms with Gasteiger partial charge in [0.1, 0.15) is 30.1 Å². The van der Waals surface area contributed by atoms with Crippen LogP contribution in [0.5, 0.6) is 0 Å². The average Bonchev–Trinajstić information content (AvgIpc) is 2.96. The molecule has 0 aliphatic carbocycles. The molecule has 0 spiro atoms. The molecule has 1 saturated heterocycles. The van der Waals surface area contributed by atoms with Crippen molar-refractivity contribution in [3.8, 4) is 0 Å². The molecule has 166 valence electrons. The van der Waals surface area contributed by atoms with Crippen molar-refractivity contribution in [2.24, 2.45) is 0 Å². The van der Waals surface area contributed by atoms with E-state index in [0.29, 0.717) is 0 Å². The average molecular weight is 437 g/mol. The van der Waals surface area contributed by atoms with Gasteiger partial charge in [0.05, 0.1) is 0 Å². The molecule has 3 rings (SSSR count). The fourth-order valence-corrected chi connectivity index (χ4v) is 3.24. The second-order valence-electron chi connectivity index (χ2n) is 6.65. The van der Waals surface area contributed by atoms with Crippen molar-refractivity contribution in [3.63, 3.8) is 0 Å². The van der Waals surface area contributed by atoms with Gasteiger partial charge in [-0.1, -0.05) is 0 Å². The molecule has 0 amide bonds. The molecule has 31 heavy (non-hydrogen) atoms. The molecule has 0 bridgehead atoms. The lowest BCUT2D eigenvalue weighted by Crippen LogP contribution is -2.41. The fraction of sp³-hybridized carbons (Fsp3) is 0.471. The van der Waals surface area contributed by atoms with Crippen LogP contribution in [0.3, 0.4) is 0 Å². The second kappa shape index (κ2) is 8.51. The number of carbonyl (C=O) groups excluding carboxylic acids is 3. The number of rotatable bonds is 5. The minimum Gasteiger partial charge on any atom is -0.463 e. The number of fused-ring (bicyclic) bond motifs is 1. The standard InChI is InChI=1S/C17H19N5O9/c1-6(23)28-4-9-11(29-7(2)24)12(30-8(3)25)16(31-9)22-5-19-13(18)10-14(22)20-17(27)21-15(10)26/h5,9,11-12,16,18H,4H2,1-3H3,(H2,20,21,26,27)/t9-,11-,12+,16+/m1/s1. The third-order valence-electron chi connectivity index (χ3n) is 4.34. The van der Waals surface area contributed by atoms with Crippen LogP contribution in [-0.4, -0.2) is 62.3 Å². The lowest BCUT2D eigenvalue weighted by atomic mass is 10.1. The first-order valence-corrected chi connectivity index (χ1v) is 8.99. The van der Waals surface area contributed by atoms with Crippen molar-refractivity contribution in [2.75, 3.05) is 6.61 Å². The summed E-state index contributed by atoms with van der Waals surface area (Å²) in [5.41, 5.74) is -2.27. The topological polar surface area (TPSA) is 196 Å². The van der Waals surface area contributed by atoms with E-state index in [1.54, 1.807) is 0 Å². The molecule has 0 radical (unpaired) electrons. The van der Waals surface area contributed by atoms with Crippen LogP contribution in [0.25, 0.3) is 11.0 Å². The molecule has 3 N–H and O–H groups in total. The normalized spacial score (nSPS) is 22.8. The van der Waals surface area contributed by atoms with Crippen molar-refractivity contribution in [1.82, 2.24) is 19.5 Å². The van der Waals surface area contributed by atoms with Crippen molar-refractivity contribution in [3.05, 3.63) is 32.7 Å². The molecule has 3 heterocycles. The summed E-state index contributed by atoms with van der Waals surface area (Å²) in [6, 6.07) is 0. The fourth-order valence-electron chi connectivity index (χ4n) is 3.24. The Morgan fingerprint density at radius 1 is 1.10 bits per heavy atom. The van der Waals surface area contributed by atoms with E-state index in [9.17, 15) is 24.0 Å². The van der Waals surface area contributed by atoms with E-state index in [4.69, 9.17) is 24.4 Å². The first-order valence-electron chi connectivity index (χ1n) is 8.99. The van der Waals surface area contributed by atoms with E-state index in [1.165, 1.54) is 11.5 Å². The van der Waals surface area contributed by atoms with Gasteiger partial charge in [0.2, 0.25) is 0 Å². The van der Waals surface area contributed by atoms with Gasteiger partial charge in [-0.2, -0.15) is 0 Å². The Labute approximate surface area is 172 Å². The summed E-state index contributed by atoms with van der Waals surface area (Å²) in [5.74, 6) is -2.06. The number of aromatic nitrogens is 4. The summed E-state index contributed by atoms with van der Waals surface area (Å²) in [5, 5.41) is 7.62. The highest BCUT2D eigenvalue weighted by Crippen LogP contribution is 2.35. The van der Waals surface area contributed by atoms with E-state index in [0.717, 1.165) is 20.2 Å². The molecular formula is C17H19N5O9. The predicted molar refractivity (Wildman–Crippen MR) is 98.5 cm³/mol. The van der Waals surface area contributed by atoms with Crippen LogP contribution in [0, 0.1) is 5.41 Å². The summed E-state index contributed by atoms with van der Waals surface area (Å²) in [4.78, 5) is 66.9. The predicted octanol–water partition coefficient (Wildman–Crippen LogP) is -1.78. The zero-order valence-electron chi connectivity index (χ0n) is 16.7. The third-order valence-corrected chi connectivity index (χ3v) is 4.34. The quantitative estimate of drug-likeness (QED) is 0.355. The number of ether oxygens (including phenoxy) is 4. The Morgan fingerprint density at radius 3 is 2.35 bits per heavy atom. The first-order chi connectivity index (χ1) is 14.6. The number of H-pyrrole nitrogens is 2. The van der Waals surface area contributed by atoms with E-state index in [2.05, 4.69) is 9.97 Å². The van der Waals surface area contributed by atoms with Gasteiger partial charge in [-0.15, -0.1) is 0 Å². The Morgan fingerprint density at radius 2 is 1.74 bits per heavy atom. The van der Waals surface area contributed by atoms with Crippen LogP contribution >= 0.6 is 0 Å². The lowest BCUT2D eigenvalue weighted by molar-refractivity contribution is -0.166. The van der Waals surface area contributed by atoms with Crippen LogP contribution < -0.4 is 16.7 Å². The zero-order chi connectivity index (χ0) is 22.9. The molecule has 1 aliphatic rings. The minimum atomic E-state index is -1.25. The molecule has 2 aromatic heterocycles. The van der Waals surface area contributed by atoms with Gasteiger partial charge in [0.25, 0.3) is 5.56 Å². The van der Waals surface area contributed by atoms with Gasteiger partial charge in [0.15, 0.2) is 23.9 Å². The van der Waals surface area contributed by atoms with E-state index >= 15 is 0 Å². The summed E-state index contributed by atoms with van der Waals surface area (Å²) >= 11 is 0. The summed E-state index contributed by atoms with van der Waals surface area (Å²) < 4.78 is 22.5. The van der Waals surface area contributed by atoms with Crippen molar-refractivity contribution in [2.45, 2.75) is 45.3 Å². The highest BCUT2D eigenvalue weighted by molar-refractivity contribution is 5.72. The highest BCUT2D eigenvalue weighted by Gasteiger charge is 2.50. The number of nitrogens with zero attached hydrogens (tertiary/aromatic N) is 2. The number of carbonyl (C=O) groups is 3. The largest absolute Gasteiger partial charge is 0.463 e. The number of hydrogen-bond donors (Lipinski definition) is 3. The lowest BCUT2D eigenvalue weighted by Gasteiger charge is -2.24. The van der Waals surface area contributed by atoms with Crippen LogP contribution in [0.1, 0.15) is 27.0 Å².